The number of aliphatic hydroxyl groups is 1. The summed E-state index contributed by atoms with van der Waals surface area (Å²) < 4.78 is 0. The van der Waals surface area contributed by atoms with Gasteiger partial charge in [0.2, 0.25) is 5.91 Å². The first-order valence-corrected chi connectivity index (χ1v) is 8.03. The van der Waals surface area contributed by atoms with Crippen molar-refractivity contribution in [1.82, 2.24) is 4.90 Å². The maximum atomic E-state index is 12.2. The molecule has 0 saturated carbocycles. The predicted octanol–water partition coefficient (Wildman–Crippen LogP) is 2.58. The molecule has 1 aliphatic rings. The fraction of sp³-hybridized carbons (Fsp3) is 0.556. The molecule has 1 aromatic rings. The first kappa shape index (κ1) is 16.7. The minimum atomic E-state index is -0.305. The minimum absolute atomic E-state index is 0.0206. The van der Waals surface area contributed by atoms with Crippen molar-refractivity contribution in [3.63, 3.8) is 0 Å². The first-order valence-electron chi connectivity index (χ1n) is 8.03. The number of amides is 1. The molecule has 1 heterocycles. The minimum Gasteiger partial charge on any atom is -0.393 e. The lowest BCUT2D eigenvalue weighted by molar-refractivity contribution is -0.133. The molecule has 1 saturated heterocycles. The smallest absolute Gasteiger partial charge is 0.223 e. The molecule has 0 spiro atoms. The molecular weight excluding hydrogens is 278 g/mol. The maximum absolute atomic E-state index is 12.2. The molecule has 2 rings (SSSR count). The first-order chi connectivity index (χ1) is 10.5. The zero-order chi connectivity index (χ0) is 16.1. The van der Waals surface area contributed by atoms with Crippen molar-refractivity contribution >= 4 is 11.7 Å². The summed E-state index contributed by atoms with van der Waals surface area (Å²) >= 11 is 0. The number of aryl methyl sites for hydroxylation is 1. The number of Topliss-reactive ketones (excluding diaryl/α,β-unsaturated/α-hetero) is 1. The summed E-state index contributed by atoms with van der Waals surface area (Å²) in [6.45, 7) is 5.16. The predicted molar refractivity (Wildman–Crippen MR) is 85.7 cm³/mol. The zero-order valence-electron chi connectivity index (χ0n) is 13.4. The van der Waals surface area contributed by atoms with Gasteiger partial charge in [0.15, 0.2) is 5.78 Å². The molecule has 1 N–H and O–H groups in total. The Labute approximate surface area is 132 Å². The molecule has 22 heavy (non-hydrogen) atoms. The number of hydrogen-bond donors (Lipinski definition) is 1. The van der Waals surface area contributed by atoms with Crippen LogP contribution in [0.1, 0.15) is 48.5 Å². The van der Waals surface area contributed by atoms with Gasteiger partial charge in [0.1, 0.15) is 0 Å². The number of carbonyl (C=O) groups is 2. The molecule has 1 aromatic carbocycles. The quantitative estimate of drug-likeness (QED) is 0.851. The van der Waals surface area contributed by atoms with Gasteiger partial charge in [0.05, 0.1) is 6.10 Å². The summed E-state index contributed by atoms with van der Waals surface area (Å²) in [6.07, 6.45) is 1.91. The molecule has 1 fully saturated rings. The SMILES string of the molecule is Cc1ccc(C(=O)CCC(=O)N2CCC(C(C)O)CC2)cc1. The number of rotatable bonds is 5. The molecule has 1 atom stereocenters. The van der Waals surface area contributed by atoms with Gasteiger partial charge in [-0.05, 0) is 32.6 Å². The van der Waals surface area contributed by atoms with Crippen molar-refractivity contribution < 1.29 is 14.7 Å². The van der Waals surface area contributed by atoms with E-state index < -0.39 is 0 Å². The van der Waals surface area contributed by atoms with Crippen LogP contribution in [0.5, 0.6) is 0 Å². The number of nitrogens with zero attached hydrogens (tertiary/aromatic N) is 1. The van der Waals surface area contributed by atoms with E-state index in [-0.39, 0.29) is 30.6 Å². The molecule has 0 aliphatic carbocycles. The Balaban J connectivity index is 1.78. The van der Waals surface area contributed by atoms with Crippen LogP contribution >= 0.6 is 0 Å². The standard InChI is InChI=1S/C18H25NO3/c1-13-3-5-16(6-4-13)17(21)7-8-18(22)19-11-9-15(10-12-19)14(2)20/h3-6,14-15,20H,7-12H2,1-2H3. The highest BCUT2D eigenvalue weighted by atomic mass is 16.3. The van der Waals surface area contributed by atoms with E-state index >= 15 is 0 Å². The fourth-order valence-electron chi connectivity index (χ4n) is 2.89. The Hall–Kier alpha value is -1.68. The van der Waals surface area contributed by atoms with Crippen LogP contribution in [-0.2, 0) is 4.79 Å². The number of piperidine rings is 1. The Morgan fingerprint density at radius 3 is 2.32 bits per heavy atom. The molecule has 1 unspecified atom stereocenters. The van der Waals surface area contributed by atoms with Crippen molar-refractivity contribution in [2.24, 2.45) is 5.92 Å². The van der Waals surface area contributed by atoms with E-state index in [1.165, 1.54) is 0 Å². The third-order valence-electron chi connectivity index (χ3n) is 4.51. The second-order valence-electron chi connectivity index (χ2n) is 6.25. The third-order valence-corrected chi connectivity index (χ3v) is 4.51. The largest absolute Gasteiger partial charge is 0.393 e. The van der Waals surface area contributed by atoms with E-state index in [1.54, 1.807) is 0 Å². The van der Waals surface area contributed by atoms with Gasteiger partial charge in [-0.3, -0.25) is 9.59 Å². The number of benzene rings is 1. The van der Waals surface area contributed by atoms with E-state index in [9.17, 15) is 14.7 Å². The molecule has 4 nitrogen and oxygen atoms in total. The van der Waals surface area contributed by atoms with E-state index in [4.69, 9.17) is 0 Å². The summed E-state index contributed by atoms with van der Waals surface area (Å²) in [6, 6.07) is 7.46. The zero-order valence-corrected chi connectivity index (χ0v) is 13.4. The average Bonchev–Trinajstić information content (AvgIpc) is 2.53. The van der Waals surface area contributed by atoms with Gasteiger partial charge >= 0.3 is 0 Å². The van der Waals surface area contributed by atoms with Crippen molar-refractivity contribution in [2.45, 2.75) is 45.6 Å². The summed E-state index contributed by atoms with van der Waals surface area (Å²) in [7, 11) is 0. The van der Waals surface area contributed by atoms with Gasteiger partial charge in [-0.2, -0.15) is 0 Å². The molecular formula is C18H25NO3. The topological polar surface area (TPSA) is 57.6 Å². The third kappa shape index (κ3) is 4.41. The van der Waals surface area contributed by atoms with E-state index in [0.717, 1.165) is 18.4 Å². The van der Waals surface area contributed by atoms with Gasteiger partial charge < -0.3 is 10.0 Å². The Bertz CT molecular complexity index is 514. The summed E-state index contributed by atoms with van der Waals surface area (Å²) in [4.78, 5) is 26.1. The molecule has 0 radical (unpaired) electrons. The second-order valence-corrected chi connectivity index (χ2v) is 6.25. The van der Waals surface area contributed by atoms with Crippen LogP contribution in [0.25, 0.3) is 0 Å². The van der Waals surface area contributed by atoms with Crippen LogP contribution in [0.15, 0.2) is 24.3 Å². The lowest BCUT2D eigenvalue weighted by atomic mass is 9.92. The van der Waals surface area contributed by atoms with E-state index in [0.29, 0.717) is 24.6 Å². The normalized spacial score (nSPS) is 17.3. The van der Waals surface area contributed by atoms with Crippen molar-refractivity contribution in [3.05, 3.63) is 35.4 Å². The van der Waals surface area contributed by atoms with Gasteiger partial charge in [-0.25, -0.2) is 0 Å². The Morgan fingerprint density at radius 2 is 1.77 bits per heavy atom. The molecule has 1 amide bonds. The Kier molecular flexibility index (Phi) is 5.72. The lowest BCUT2D eigenvalue weighted by Gasteiger charge is -2.33. The van der Waals surface area contributed by atoms with Gasteiger partial charge in [0.25, 0.3) is 0 Å². The van der Waals surface area contributed by atoms with Gasteiger partial charge in [-0.15, -0.1) is 0 Å². The van der Waals surface area contributed by atoms with Crippen molar-refractivity contribution in [2.75, 3.05) is 13.1 Å². The summed E-state index contributed by atoms with van der Waals surface area (Å²) in [5, 5.41) is 9.58. The van der Waals surface area contributed by atoms with Crippen LogP contribution in [0.4, 0.5) is 0 Å². The molecule has 120 valence electrons. The van der Waals surface area contributed by atoms with Crippen LogP contribution in [-0.4, -0.2) is 40.9 Å². The monoisotopic (exact) mass is 303 g/mol. The number of ketones is 1. The number of hydrogen-bond acceptors (Lipinski definition) is 3. The lowest BCUT2D eigenvalue weighted by Crippen LogP contribution is -2.40. The maximum Gasteiger partial charge on any atom is 0.223 e. The number of likely N-dealkylation sites (tertiary alicyclic amines) is 1. The van der Waals surface area contributed by atoms with Crippen LogP contribution in [0, 0.1) is 12.8 Å². The van der Waals surface area contributed by atoms with Crippen LogP contribution in [0.3, 0.4) is 0 Å². The summed E-state index contributed by atoms with van der Waals surface area (Å²) in [5.41, 5.74) is 1.79. The van der Waals surface area contributed by atoms with Crippen molar-refractivity contribution in [1.29, 1.82) is 0 Å². The summed E-state index contributed by atoms with van der Waals surface area (Å²) in [5.74, 6) is 0.356. The highest BCUT2D eigenvalue weighted by molar-refractivity contribution is 5.97. The van der Waals surface area contributed by atoms with Gasteiger partial charge in [-0.1, -0.05) is 29.8 Å². The van der Waals surface area contributed by atoms with Crippen molar-refractivity contribution in [3.8, 4) is 0 Å². The van der Waals surface area contributed by atoms with Gasteiger partial charge in [0, 0.05) is 31.5 Å². The fourth-order valence-corrected chi connectivity index (χ4v) is 2.89. The second kappa shape index (κ2) is 7.54. The molecule has 0 aromatic heterocycles. The Morgan fingerprint density at radius 1 is 1.18 bits per heavy atom. The van der Waals surface area contributed by atoms with E-state index in [2.05, 4.69) is 0 Å². The molecule has 0 bridgehead atoms. The van der Waals surface area contributed by atoms with E-state index in [1.807, 2.05) is 43.0 Å². The number of aliphatic hydroxyl groups excluding tert-OH is 1. The van der Waals surface area contributed by atoms with Crippen LogP contribution < -0.4 is 0 Å². The highest BCUT2D eigenvalue weighted by Crippen LogP contribution is 2.21. The number of carbonyl (C=O) groups excluding carboxylic acids is 2. The molecule has 4 heteroatoms. The van der Waals surface area contributed by atoms with Crippen LogP contribution in [0.2, 0.25) is 0 Å². The highest BCUT2D eigenvalue weighted by Gasteiger charge is 2.25. The average molecular weight is 303 g/mol. The molecule has 1 aliphatic heterocycles.